The number of nitrogens with zero attached hydrogens (tertiary/aromatic N) is 2. The maximum atomic E-state index is 12.4. The average Bonchev–Trinajstić information content (AvgIpc) is 3.16. The fourth-order valence-corrected chi connectivity index (χ4v) is 3.79. The van der Waals surface area contributed by atoms with Gasteiger partial charge in [-0.1, -0.05) is 24.1 Å². The normalized spacial score (nSPS) is 12.1. The number of fused-ring (bicyclic) bond motifs is 1. The van der Waals surface area contributed by atoms with E-state index in [0.29, 0.717) is 12.1 Å². The van der Waals surface area contributed by atoms with E-state index in [2.05, 4.69) is 46.2 Å². The van der Waals surface area contributed by atoms with Gasteiger partial charge >= 0.3 is 0 Å². The minimum absolute atomic E-state index is 0.0840. The summed E-state index contributed by atoms with van der Waals surface area (Å²) in [7, 11) is 0. The predicted octanol–water partition coefficient (Wildman–Crippen LogP) is 4.33. The molecule has 3 aromatic rings. The van der Waals surface area contributed by atoms with Gasteiger partial charge in [-0.05, 0) is 78.4 Å². The summed E-state index contributed by atoms with van der Waals surface area (Å²) in [5.41, 5.74) is 7.73. The highest BCUT2D eigenvalue weighted by Crippen LogP contribution is 2.35. The lowest BCUT2D eigenvalue weighted by Crippen LogP contribution is -2.22. The Morgan fingerprint density at radius 2 is 2.00 bits per heavy atom. The summed E-state index contributed by atoms with van der Waals surface area (Å²) in [5, 5.41) is 2.94. The van der Waals surface area contributed by atoms with Crippen molar-refractivity contribution in [2.75, 3.05) is 11.4 Å². The van der Waals surface area contributed by atoms with Gasteiger partial charge in [0, 0.05) is 37.1 Å². The number of amides is 1. The molecule has 0 spiro atoms. The molecular weight excluding hydrogens is 358 g/mol. The lowest BCUT2D eigenvalue weighted by Gasteiger charge is -2.15. The Kier molecular flexibility index (Phi) is 5.31. The van der Waals surface area contributed by atoms with Crippen LogP contribution in [0.2, 0.25) is 0 Å². The van der Waals surface area contributed by atoms with Crippen molar-refractivity contribution < 1.29 is 4.79 Å². The number of pyridine rings is 1. The molecule has 1 amide bonds. The molecule has 29 heavy (non-hydrogen) atoms. The van der Waals surface area contributed by atoms with Crippen LogP contribution in [0.25, 0.3) is 11.1 Å². The van der Waals surface area contributed by atoms with Gasteiger partial charge in [0.05, 0.1) is 5.69 Å². The van der Waals surface area contributed by atoms with Gasteiger partial charge in [-0.25, -0.2) is 0 Å². The van der Waals surface area contributed by atoms with Crippen LogP contribution in [0.15, 0.2) is 60.9 Å². The van der Waals surface area contributed by atoms with Crippen LogP contribution in [0.4, 0.5) is 5.69 Å². The lowest BCUT2D eigenvalue weighted by molar-refractivity contribution is 0.0951. The molecule has 0 saturated heterocycles. The number of benzene rings is 2. The zero-order valence-corrected chi connectivity index (χ0v) is 16.7. The van der Waals surface area contributed by atoms with E-state index >= 15 is 0 Å². The van der Waals surface area contributed by atoms with Gasteiger partial charge in [-0.15, -0.1) is 0 Å². The second-order valence-electron chi connectivity index (χ2n) is 7.19. The summed E-state index contributed by atoms with van der Waals surface area (Å²) < 4.78 is 0. The monoisotopic (exact) mass is 381 g/mol. The van der Waals surface area contributed by atoms with Crippen molar-refractivity contribution in [1.82, 2.24) is 10.3 Å². The lowest BCUT2D eigenvalue weighted by atomic mass is 9.97. The van der Waals surface area contributed by atoms with Crippen LogP contribution >= 0.6 is 0 Å². The van der Waals surface area contributed by atoms with E-state index < -0.39 is 0 Å². The van der Waals surface area contributed by atoms with Crippen LogP contribution in [0.1, 0.15) is 34.0 Å². The molecule has 0 radical (unpaired) electrons. The molecular formula is C25H23N3O. The summed E-state index contributed by atoms with van der Waals surface area (Å²) >= 11 is 0. The van der Waals surface area contributed by atoms with Crippen LogP contribution in [-0.4, -0.2) is 17.4 Å². The molecule has 144 valence electrons. The maximum absolute atomic E-state index is 12.4. The van der Waals surface area contributed by atoms with E-state index in [9.17, 15) is 4.79 Å². The van der Waals surface area contributed by atoms with Crippen molar-refractivity contribution >= 4 is 11.6 Å². The number of carbonyl (C=O) groups excluding carboxylic acids is 1. The Hall–Kier alpha value is -3.58. The van der Waals surface area contributed by atoms with E-state index in [0.717, 1.165) is 24.1 Å². The van der Waals surface area contributed by atoms with Crippen molar-refractivity contribution in [2.24, 2.45) is 0 Å². The molecule has 4 rings (SSSR count). The minimum Gasteiger partial charge on any atom is -0.348 e. The first-order chi connectivity index (χ1) is 14.2. The van der Waals surface area contributed by atoms with Gasteiger partial charge in [0.15, 0.2) is 0 Å². The van der Waals surface area contributed by atoms with Crippen LogP contribution in [0.5, 0.6) is 0 Å². The largest absolute Gasteiger partial charge is 0.348 e. The molecule has 4 nitrogen and oxygen atoms in total. The Balaban J connectivity index is 1.50. The molecule has 0 aliphatic carbocycles. The third kappa shape index (κ3) is 4.00. The number of anilines is 1. The molecule has 1 aliphatic heterocycles. The van der Waals surface area contributed by atoms with Crippen molar-refractivity contribution in [1.29, 1.82) is 0 Å². The summed E-state index contributed by atoms with van der Waals surface area (Å²) in [6.07, 6.45) is 4.49. The number of carbonyl (C=O) groups is 1. The third-order valence-corrected chi connectivity index (χ3v) is 5.16. The molecule has 4 heteroatoms. The maximum Gasteiger partial charge on any atom is 0.251 e. The molecule has 1 aromatic heterocycles. The molecule has 0 saturated carbocycles. The first-order valence-corrected chi connectivity index (χ1v) is 9.76. The van der Waals surface area contributed by atoms with Crippen LogP contribution < -0.4 is 10.2 Å². The quantitative estimate of drug-likeness (QED) is 0.684. The number of aryl methyl sites for hydroxylation is 1. The van der Waals surface area contributed by atoms with Gasteiger partial charge < -0.3 is 10.2 Å². The Labute approximate surface area is 171 Å². The predicted molar refractivity (Wildman–Crippen MR) is 117 cm³/mol. The second kappa shape index (κ2) is 8.20. The summed E-state index contributed by atoms with van der Waals surface area (Å²) in [6.45, 7) is 5.42. The average molecular weight is 381 g/mol. The molecule has 2 aromatic carbocycles. The second-order valence-corrected chi connectivity index (χ2v) is 7.19. The summed E-state index contributed by atoms with van der Waals surface area (Å²) in [6, 6.07) is 19.2. The van der Waals surface area contributed by atoms with Gasteiger partial charge in [0.2, 0.25) is 0 Å². The number of nitrogens with one attached hydrogen (secondary N) is 1. The Bertz CT molecular complexity index is 1090. The summed E-state index contributed by atoms with van der Waals surface area (Å²) in [5.74, 6) is 2.91. The Morgan fingerprint density at radius 1 is 1.17 bits per heavy atom. The topological polar surface area (TPSA) is 45.2 Å². The molecule has 0 fully saturated rings. The van der Waals surface area contributed by atoms with Gasteiger partial charge in [0.1, 0.15) is 0 Å². The summed E-state index contributed by atoms with van der Waals surface area (Å²) in [4.78, 5) is 18.6. The SMILES string of the molecule is CC#CN1CCc2cc(-c3ccc(C(=O)NCc4cccnc4)cc3)cc(C)c21. The van der Waals surface area contributed by atoms with Crippen LogP contribution in [-0.2, 0) is 13.0 Å². The van der Waals surface area contributed by atoms with Crippen molar-refractivity contribution in [3.63, 3.8) is 0 Å². The fraction of sp³-hybridized carbons (Fsp3) is 0.200. The molecule has 0 unspecified atom stereocenters. The smallest absolute Gasteiger partial charge is 0.251 e. The van der Waals surface area contributed by atoms with E-state index in [1.807, 2.05) is 43.3 Å². The van der Waals surface area contributed by atoms with Gasteiger partial charge in [-0.3, -0.25) is 9.78 Å². The van der Waals surface area contributed by atoms with Gasteiger partial charge in [-0.2, -0.15) is 0 Å². The number of hydrogen-bond acceptors (Lipinski definition) is 3. The van der Waals surface area contributed by atoms with Crippen molar-refractivity contribution in [3.05, 3.63) is 83.2 Å². The van der Waals surface area contributed by atoms with E-state index in [-0.39, 0.29) is 5.91 Å². The number of hydrogen-bond donors (Lipinski definition) is 1. The van der Waals surface area contributed by atoms with E-state index in [4.69, 9.17) is 0 Å². The van der Waals surface area contributed by atoms with E-state index in [1.54, 1.807) is 12.4 Å². The Morgan fingerprint density at radius 3 is 2.72 bits per heavy atom. The number of rotatable bonds is 4. The molecule has 2 heterocycles. The highest BCUT2D eigenvalue weighted by atomic mass is 16.1. The standard InChI is InChI=1S/C25H23N3O/c1-3-12-28-13-10-22-15-23(14-18(2)24(22)28)20-6-8-21(9-7-20)25(29)27-17-19-5-4-11-26-16-19/h4-9,11,14-16H,10,13,17H2,1-2H3,(H,27,29). The first-order valence-electron chi connectivity index (χ1n) is 9.76. The first kappa shape index (κ1) is 18.8. The third-order valence-electron chi connectivity index (χ3n) is 5.16. The van der Waals surface area contributed by atoms with E-state index in [1.165, 1.54) is 22.4 Å². The fourth-order valence-electron chi connectivity index (χ4n) is 3.79. The highest BCUT2D eigenvalue weighted by molar-refractivity contribution is 5.94. The molecule has 1 N–H and O–H groups in total. The van der Waals surface area contributed by atoms with Crippen LogP contribution in [0.3, 0.4) is 0 Å². The van der Waals surface area contributed by atoms with Crippen molar-refractivity contribution in [3.8, 4) is 23.1 Å². The van der Waals surface area contributed by atoms with Crippen LogP contribution in [0, 0.1) is 18.9 Å². The highest BCUT2D eigenvalue weighted by Gasteiger charge is 2.21. The van der Waals surface area contributed by atoms with Crippen molar-refractivity contribution in [2.45, 2.75) is 26.8 Å². The molecule has 1 aliphatic rings. The number of aromatic nitrogens is 1. The molecule has 0 atom stereocenters. The van der Waals surface area contributed by atoms with Gasteiger partial charge in [0.25, 0.3) is 5.91 Å². The minimum atomic E-state index is -0.0840. The molecule has 0 bridgehead atoms. The zero-order valence-electron chi connectivity index (χ0n) is 16.7. The zero-order chi connectivity index (χ0) is 20.2.